The molecule has 0 aliphatic carbocycles. The minimum absolute atomic E-state index is 0.0657. The van der Waals surface area contributed by atoms with Crippen LogP contribution in [0, 0.1) is 0 Å². The first-order chi connectivity index (χ1) is 29.3. The van der Waals surface area contributed by atoms with Crippen molar-refractivity contribution in [3.63, 3.8) is 0 Å². The smallest absolute Gasteiger partial charge is 0.306 e. The Labute approximate surface area is 370 Å². The van der Waals surface area contributed by atoms with E-state index in [1.807, 2.05) is 52.4 Å². The van der Waals surface area contributed by atoms with Gasteiger partial charge in [-0.15, -0.1) is 0 Å². The van der Waals surface area contributed by atoms with Crippen molar-refractivity contribution in [1.82, 2.24) is 0 Å². The summed E-state index contributed by atoms with van der Waals surface area (Å²) in [4.78, 5) is 37.5. The normalized spacial score (nSPS) is 15.2. The van der Waals surface area contributed by atoms with Crippen molar-refractivity contribution in [1.29, 1.82) is 0 Å². The van der Waals surface area contributed by atoms with Gasteiger partial charge in [-0.3, -0.25) is 14.2 Å². The molecule has 0 fully saturated rings. The SMILES string of the molecule is CC/C=C\C/C=C\C/C=C\C/C=C\C/C=C\C/C=C\CCC(=O)OC[C@H](COP(=O)([O-])OCC[N+](C)(C)C)OC(=O)CCC/C=C\C/C=C\C/C=C\C/C=C\CCC[C@H](C)O. The Morgan fingerprint density at radius 3 is 1.46 bits per heavy atom. The first kappa shape index (κ1) is 57.4. The minimum Gasteiger partial charge on any atom is -0.756 e. The van der Waals surface area contributed by atoms with Gasteiger partial charge < -0.3 is 33.0 Å². The first-order valence-corrected chi connectivity index (χ1v) is 23.7. The van der Waals surface area contributed by atoms with Gasteiger partial charge in [0, 0.05) is 12.8 Å². The lowest BCUT2D eigenvalue weighted by molar-refractivity contribution is -0.870. The van der Waals surface area contributed by atoms with E-state index in [0.29, 0.717) is 30.3 Å². The maximum atomic E-state index is 12.7. The van der Waals surface area contributed by atoms with Crippen LogP contribution in [0.4, 0.5) is 0 Å². The van der Waals surface area contributed by atoms with Gasteiger partial charge in [-0.1, -0.05) is 128 Å². The van der Waals surface area contributed by atoms with E-state index < -0.39 is 32.5 Å². The van der Waals surface area contributed by atoms with Crippen LogP contribution < -0.4 is 4.89 Å². The second-order valence-corrected chi connectivity index (χ2v) is 17.0. The molecule has 0 aliphatic rings. The van der Waals surface area contributed by atoms with Crippen LogP contribution in [-0.2, 0) is 32.7 Å². The molecule has 0 spiro atoms. The number of carbonyl (C=O) groups excluding carboxylic acids is 2. The number of nitrogens with zero attached hydrogens (tertiary/aromatic N) is 1. The Kier molecular flexibility index (Phi) is 38.0. The lowest BCUT2D eigenvalue weighted by atomic mass is 10.1. The zero-order valence-corrected chi connectivity index (χ0v) is 39.1. The van der Waals surface area contributed by atoms with Gasteiger partial charge in [0.2, 0.25) is 0 Å². The third-order valence-electron chi connectivity index (χ3n) is 8.50. The number of quaternary nitrogens is 1. The Morgan fingerprint density at radius 2 is 1.02 bits per heavy atom. The lowest BCUT2D eigenvalue weighted by Crippen LogP contribution is -2.37. The molecule has 0 heterocycles. The van der Waals surface area contributed by atoms with Crippen LogP contribution in [-0.4, -0.2) is 81.2 Å². The minimum atomic E-state index is -4.67. The molecule has 0 saturated heterocycles. The van der Waals surface area contributed by atoms with E-state index in [-0.39, 0.29) is 32.2 Å². The Balaban J connectivity index is 4.60. The quantitative estimate of drug-likeness (QED) is 0.0212. The van der Waals surface area contributed by atoms with Crippen molar-refractivity contribution in [2.75, 3.05) is 47.5 Å². The molecule has 0 amide bonds. The number of aliphatic hydroxyl groups is 1. The van der Waals surface area contributed by atoms with E-state index in [1.165, 1.54) is 0 Å². The summed E-state index contributed by atoms with van der Waals surface area (Å²) in [6, 6.07) is 0. The van der Waals surface area contributed by atoms with Crippen molar-refractivity contribution < 1.29 is 47.2 Å². The molecule has 0 aromatic rings. The van der Waals surface area contributed by atoms with Gasteiger partial charge in [-0.25, -0.2) is 0 Å². The van der Waals surface area contributed by atoms with Crippen molar-refractivity contribution in [2.24, 2.45) is 0 Å². The number of carbonyl (C=O) groups is 2. The third-order valence-corrected chi connectivity index (χ3v) is 9.46. The summed E-state index contributed by atoms with van der Waals surface area (Å²) in [5.41, 5.74) is 0. The van der Waals surface area contributed by atoms with Crippen molar-refractivity contribution in [2.45, 2.75) is 135 Å². The molecule has 0 aliphatic heterocycles. The molecular weight excluding hydrogens is 790 g/mol. The number of rotatable bonds is 38. The summed E-state index contributed by atoms with van der Waals surface area (Å²) in [5, 5.41) is 9.28. The Bertz CT molecular complexity index is 1460. The molecule has 11 heteroatoms. The summed E-state index contributed by atoms with van der Waals surface area (Å²) in [7, 11) is 1.05. The molecular formula is C50H80NO9P. The van der Waals surface area contributed by atoms with E-state index in [1.54, 1.807) is 0 Å². The van der Waals surface area contributed by atoms with Gasteiger partial charge in [0.15, 0.2) is 6.10 Å². The predicted octanol–water partition coefficient (Wildman–Crippen LogP) is 11.2. The van der Waals surface area contributed by atoms with Crippen molar-refractivity contribution in [3.05, 3.63) is 122 Å². The summed E-state index contributed by atoms with van der Waals surface area (Å²) in [6.07, 6.45) is 53.8. The highest BCUT2D eigenvalue weighted by atomic mass is 31.2. The van der Waals surface area contributed by atoms with Crippen LogP contribution in [0.5, 0.6) is 0 Å². The molecule has 3 atom stereocenters. The summed E-state index contributed by atoms with van der Waals surface area (Å²) < 4.78 is 33.7. The van der Waals surface area contributed by atoms with Gasteiger partial charge >= 0.3 is 11.9 Å². The molecule has 0 aromatic heterocycles. The fraction of sp³-hybridized carbons (Fsp3) is 0.560. The number of esters is 2. The molecule has 0 radical (unpaired) electrons. The van der Waals surface area contributed by atoms with E-state index >= 15 is 0 Å². The highest BCUT2D eigenvalue weighted by molar-refractivity contribution is 7.45. The molecule has 61 heavy (non-hydrogen) atoms. The average molecular weight is 870 g/mol. The van der Waals surface area contributed by atoms with Crippen LogP contribution >= 0.6 is 7.82 Å². The van der Waals surface area contributed by atoms with E-state index in [0.717, 1.165) is 77.0 Å². The van der Waals surface area contributed by atoms with Crippen LogP contribution in [0.1, 0.15) is 123 Å². The van der Waals surface area contributed by atoms with Crippen LogP contribution in [0.15, 0.2) is 122 Å². The molecule has 1 N–H and O–H groups in total. The highest BCUT2D eigenvalue weighted by Gasteiger charge is 2.21. The zero-order valence-electron chi connectivity index (χ0n) is 38.2. The van der Waals surface area contributed by atoms with E-state index in [2.05, 4.69) is 104 Å². The number of phosphoric acid groups is 1. The second kappa shape index (κ2) is 40.4. The van der Waals surface area contributed by atoms with Crippen LogP contribution in [0.2, 0.25) is 0 Å². The number of hydrogen-bond acceptors (Lipinski definition) is 9. The van der Waals surface area contributed by atoms with Crippen molar-refractivity contribution >= 4 is 19.8 Å². The molecule has 0 saturated carbocycles. The fourth-order valence-corrected chi connectivity index (χ4v) is 5.77. The first-order valence-electron chi connectivity index (χ1n) is 22.3. The second-order valence-electron chi connectivity index (χ2n) is 15.6. The average Bonchev–Trinajstić information content (AvgIpc) is 3.20. The van der Waals surface area contributed by atoms with Gasteiger partial charge in [-0.05, 0) is 103 Å². The van der Waals surface area contributed by atoms with Crippen LogP contribution in [0.3, 0.4) is 0 Å². The molecule has 344 valence electrons. The van der Waals surface area contributed by atoms with Gasteiger partial charge in [-0.2, -0.15) is 0 Å². The zero-order chi connectivity index (χ0) is 45.1. The molecule has 1 unspecified atom stereocenters. The number of aliphatic hydroxyl groups excluding tert-OH is 1. The standard InChI is InChI=1S/C50H80NO9P/c1-6-7-8-9-10-11-12-13-14-15-16-17-20-23-26-29-32-35-38-41-49(53)57-45-48(46-59-61(55,56)58-44-43-51(3,4)5)60-50(54)42-39-36-33-30-27-24-21-18-19-22-25-28-31-34-37-40-47(2)52/h7-8,10-11,13-14,16-17,19,21-24,26,28,30-33,35,47-48,52H,6,9,12,15,18,20,25,27,29,34,36-46H2,1-5H3/b8-7-,11-10-,14-13-,17-16-,22-19-,24-21-,26-23-,31-28-,33-30-,35-32-/t47-,48+/m0/s1. The molecule has 0 aromatic carbocycles. The molecule has 10 nitrogen and oxygen atoms in total. The molecule has 0 rings (SSSR count). The number of hydrogen-bond donors (Lipinski definition) is 1. The maximum absolute atomic E-state index is 12.7. The topological polar surface area (TPSA) is 131 Å². The number of likely N-dealkylation sites (N-methyl/N-ethyl adjacent to an activating group) is 1. The highest BCUT2D eigenvalue weighted by Crippen LogP contribution is 2.38. The fourth-order valence-electron chi connectivity index (χ4n) is 5.04. The van der Waals surface area contributed by atoms with Gasteiger partial charge in [0.25, 0.3) is 7.82 Å². The van der Waals surface area contributed by atoms with Crippen LogP contribution in [0.25, 0.3) is 0 Å². The summed E-state index contributed by atoms with van der Waals surface area (Å²) in [6.45, 7) is 3.46. The lowest BCUT2D eigenvalue weighted by Gasteiger charge is -2.28. The Morgan fingerprint density at radius 1 is 0.590 bits per heavy atom. The summed E-state index contributed by atoms with van der Waals surface area (Å²) >= 11 is 0. The van der Waals surface area contributed by atoms with Gasteiger partial charge in [0.1, 0.15) is 19.8 Å². The monoisotopic (exact) mass is 870 g/mol. The van der Waals surface area contributed by atoms with E-state index in [9.17, 15) is 24.2 Å². The van der Waals surface area contributed by atoms with Crippen molar-refractivity contribution in [3.8, 4) is 0 Å². The summed E-state index contributed by atoms with van der Waals surface area (Å²) in [5.74, 6) is -1.03. The number of ether oxygens (including phenoxy) is 2. The Hall–Kier alpha value is -3.63. The third kappa shape index (κ3) is 45.7. The maximum Gasteiger partial charge on any atom is 0.306 e. The van der Waals surface area contributed by atoms with E-state index in [4.69, 9.17) is 18.5 Å². The number of phosphoric ester groups is 1. The number of unbranched alkanes of at least 4 members (excludes halogenated alkanes) is 2. The predicted molar refractivity (Wildman–Crippen MR) is 250 cm³/mol. The van der Waals surface area contributed by atoms with Gasteiger partial charge in [0.05, 0.1) is 33.9 Å². The number of allylic oxidation sites excluding steroid dienone is 20. The molecule has 0 bridgehead atoms. The largest absolute Gasteiger partial charge is 0.756 e.